The van der Waals surface area contributed by atoms with E-state index in [9.17, 15) is 9.59 Å². The molecular weight excluding hydrogens is 563 g/mol. The fourth-order valence-electron chi connectivity index (χ4n) is 5.46. The highest BCUT2D eigenvalue weighted by Gasteiger charge is 2.35. The van der Waals surface area contributed by atoms with Crippen molar-refractivity contribution in [3.8, 4) is 0 Å². The minimum absolute atomic E-state index is 0.187. The van der Waals surface area contributed by atoms with Gasteiger partial charge in [0.05, 0.1) is 28.5 Å². The van der Waals surface area contributed by atoms with Gasteiger partial charge in [0.15, 0.2) is 4.80 Å². The van der Waals surface area contributed by atoms with E-state index >= 15 is 0 Å². The molecule has 5 aromatic rings. The summed E-state index contributed by atoms with van der Waals surface area (Å²) in [7, 11) is 0. The Morgan fingerprint density at radius 2 is 1.76 bits per heavy atom. The summed E-state index contributed by atoms with van der Waals surface area (Å²) in [5.74, 6) is -0.478. The van der Waals surface area contributed by atoms with Crippen LogP contribution in [0.1, 0.15) is 49.5 Å². The number of hydrogen-bond acceptors (Lipinski definition) is 6. The number of carbonyl (C=O) groups excluding carboxylic acids is 1. The average Bonchev–Trinajstić information content (AvgIpc) is 3.54. The Kier molecular flexibility index (Phi) is 7.75. The van der Waals surface area contributed by atoms with E-state index in [1.807, 2.05) is 79.1 Å². The molecule has 2 aromatic heterocycles. The molecule has 8 heteroatoms. The van der Waals surface area contributed by atoms with Gasteiger partial charge in [0.2, 0.25) is 0 Å². The van der Waals surface area contributed by atoms with Crippen molar-refractivity contribution in [2.75, 3.05) is 12.9 Å². The van der Waals surface area contributed by atoms with Crippen molar-refractivity contribution in [3.63, 3.8) is 0 Å². The molecule has 0 spiro atoms. The van der Waals surface area contributed by atoms with Gasteiger partial charge in [0, 0.05) is 39.2 Å². The Bertz CT molecular complexity index is 2000. The second-order valence-corrected chi connectivity index (χ2v) is 12.2. The Morgan fingerprint density at radius 3 is 2.45 bits per heavy atom. The number of rotatable bonds is 7. The third kappa shape index (κ3) is 4.95. The van der Waals surface area contributed by atoms with Gasteiger partial charge in [-0.25, -0.2) is 9.79 Å². The first-order valence-electron chi connectivity index (χ1n) is 13.9. The van der Waals surface area contributed by atoms with E-state index in [1.165, 1.54) is 11.3 Å². The lowest BCUT2D eigenvalue weighted by Crippen LogP contribution is -2.40. The van der Waals surface area contributed by atoms with Crippen LogP contribution in [0.5, 0.6) is 0 Å². The summed E-state index contributed by atoms with van der Waals surface area (Å²) in [6, 6.07) is 25.4. The topological polar surface area (TPSA) is 65.6 Å². The van der Waals surface area contributed by atoms with Crippen molar-refractivity contribution in [2.24, 2.45) is 4.99 Å². The Morgan fingerprint density at radius 1 is 1.05 bits per heavy atom. The molecule has 0 saturated carbocycles. The van der Waals surface area contributed by atoms with Crippen LogP contribution >= 0.6 is 23.1 Å². The zero-order valence-corrected chi connectivity index (χ0v) is 25.5. The lowest BCUT2D eigenvalue weighted by atomic mass is 9.93. The molecule has 0 N–H and O–H groups in total. The van der Waals surface area contributed by atoms with Gasteiger partial charge in [-0.3, -0.25) is 9.36 Å². The van der Waals surface area contributed by atoms with Gasteiger partial charge in [0.1, 0.15) is 0 Å². The van der Waals surface area contributed by atoms with Gasteiger partial charge in [-0.2, -0.15) is 0 Å². The first-order valence-corrected chi connectivity index (χ1v) is 16.0. The molecule has 0 bridgehead atoms. The van der Waals surface area contributed by atoms with Gasteiger partial charge < -0.3 is 9.30 Å². The summed E-state index contributed by atoms with van der Waals surface area (Å²) in [5, 5.41) is 1.08. The van der Waals surface area contributed by atoms with Gasteiger partial charge in [0.25, 0.3) is 5.56 Å². The summed E-state index contributed by atoms with van der Waals surface area (Å²) in [6.45, 7) is 6.29. The molecule has 3 heterocycles. The number of nitrogens with zero attached hydrogens (tertiary/aromatic N) is 3. The van der Waals surface area contributed by atoms with E-state index in [-0.39, 0.29) is 18.2 Å². The van der Waals surface area contributed by atoms with E-state index in [2.05, 4.69) is 36.7 Å². The van der Waals surface area contributed by atoms with Crippen LogP contribution in [-0.2, 0) is 9.53 Å². The van der Waals surface area contributed by atoms with Crippen molar-refractivity contribution < 1.29 is 9.53 Å². The number of carbonyl (C=O) groups is 1. The van der Waals surface area contributed by atoms with Crippen LogP contribution in [0.2, 0.25) is 0 Å². The molecule has 0 fully saturated rings. The van der Waals surface area contributed by atoms with Crippen molar-refractivity contribution in [3.05, 3.63) is 127 Å². The molecule has 212 valence electrons. The fraction of sp³-hybridized carbons (Fsp3) is 0.206. The number of aromatic nitrogens is 2. The lowest BCUT2D eigenvalue weighted by molar-refractivity contribution is -0.138. The molecule has 0 aliphatic carbocycles. The van der Waals surface area contributed by atoms with E-state index in [4.69, 9.17) is 9.73 Å². The summed E-state index contributed by atoms with van der Waals surface area (Å²) in [5.41, 5.74) is 4.40. The molecule has 1 aliphatic rings. The predicted molar refractivity (Wildman–Crippen MR) is 172 cm³/mol. The molecule has 6 nitrogen and oxygen atoms in total. The lowest BCUT2D eigenvalue weighted by Gasteiger charge is -2.26. The highest BCUT2D eigenvalue weighted by atomic mass is 32.2. The first kappa shape index (κ1) is 28.0. The maximum Gasteiger partial charge on any atom is 0.338 e. The van der Waals surface area contributed by atoms with Crippen molar-refractivity contribution >= 4 is 51.7 Å². The smallest absolute Gasteiger partial charge is 0.338 e. The molecule has 42 heavy (non-hydrogen) atoms. The molecule has 6 rings (SSSR count). The quantitative estimate of drug-likeness (QED) is 0.167. The van der Waals surface area contributed by atoms with E-state index < -0.39 is 12.0 Å². The summed E-state index contributed by atoms with van der Waals surface area (Å²) >= 11 is 2.98. The Labute approximate surface area is 252 Å². The van der Waals surface area contributed by atoms with Gasteiger partial charge in [-0.1, -0.05) is 72.0 Å². The summed E-state index contributed by atoms with van der Waals surface area (Å²) in [6.07, 6.45) is 6.08. The van der Waals surface area contributed by atoms with Gasteiger partial charge >= 0.3 is 5.97 Å². The second-order valence-electron chi connectivity index (χ2n) is 10.3. The zero-order valence-electron chi connectivity index (χ0n) is 23.9. The molecule has 3 aromatic carbocycles. The number of para-hydroxylation sites is 1. The second kappa shape index (κ2) is 11.6. The molecule has 0 saturated heterocycles. The average molecular weight is 594 g/mol. The van der Waals surface area contributed by atoms with Gasteiger partial charge in [-0.15, -0.1) is 11.8 Å². The van der Waals surface area contributed by atoms with Crippen LogP contribution in [0.25, 0.3) is 22.7 Å². The number of esters is 1. The molecule has 1 aliphatic heterocycles. The third-order valence-corrected chi connectivity index (χ3v) is 9.15. The van der Waals surface area contributed by atoms with Crippen molar-refractivity contribution in [1.29, 1.82) is 0 Å². The number of thiazole rings is 1. The largest absolute Gasteiger partial charge is 0.463 e. The number of ether oxygens (including phenoxy) is 1. The number of thioether (sulfide) groups is 1. The normalized spacial score (nSPS) is 15.3. The highest BCUT2D eigenvalue weighted by Crippen LogP contribution is 2.36. The number of benzene rings is 3. The number of fused-ring (bicyclic) bond motifs is 2. The fourth-order valence-corrected chi connectivity index (χ4v) is 6.86. The van der Waals surface area contributed by atoms with Crippen LogP contribution < -0.4 is 14.9 Å². The third-order valence-electron chi connectivity index (χ3n) is 7.42. The first-order chi connectivity index (χ1) is 20.4. The Hall–Kier alpha value is -4.14. The zero-order chi connectivity index (χ0) is 29.4. The summed E-state index contributed by atoms with van der Waals surface area (Å²) in [4.78, 5) is 34.5. The number of hydrogen-bond donors (Lipinski definition) is 0. The van der Waals surface area contributed by atoms with Crippen LogP contribution in [0.4, 0.5) is 0 Å². The SMILES string of the molecule is CCOC(=O)C1=C(c2ccccc2)N=c2s/c(=C\c3cn(C(C)C)c4ccccc34)c(=O)n2[C@@H]1c1ccc(SC)cc1. The Balaban J connectivity index is 1.64. The monoisotopic (exact) mass is 593 g/mol. The minimum Gasteiger partial charge on any atom is -0.463 e. The van der Waals surface area contributed by atoms with E-state index in [1.54, 1.807) is 23.3 Å². The molecule has 0 unspecified atom stereocenters. The van der Waals surface area contributed by atoms with Crippen LogP contribution in [0.15, 0.2) is 105 Å². The van der Waals surface area contributed by atoms with Crippen LogP contribution in [-0.4, -0.2) is 28.0 Å². The van der Waals surface area contributed by atoms with Crippen LogP contribution in [0, 0.1) is 0 Å². The molecular formula is C34H31N3O3S2. The van der Waals surface area contributed by atoms with Crippen molar-refractivity contribution in [1.82, 2.24) is 9.13 Å². The standard InChI is InChI=1S/C34H31N3O3S2/c1-5-40-33(39)29-30(22-11-7-6-8-12-22)35-34-37(31(29)23-15-17-25(41-4)18-16-23)32(38)28(42-34)19-24-20-36(21(2)3)27-14-10-9-13-26(24)27/h6-21,31H,5H2,1-4H3/b28-19-/t31-/m1/s1. The summed E-state index contributed by atoms with van der Waals surface area (Å²) < 4.78 is 10.0. The van der Waals surface area contributed by atoms with E-state index in [0.717, 1.165) is 32.5 Å². The van der Waals surface area contributed by atoms with Gasteiger partial charge in [-0.05, 0) is 56.9 Å². The molecule has 0 radical (unpaired) electrons. The molecule has 0 amide bonds. The highest BCUT2D eigenvalue weighted by molar-refractivity contribution is 7.98. The van der Waals surface area contributed by atoms with Crippen LogP contribution in [0.3, 0.4) is 0 Å². The predicted octanol–water partition coefficient (Wildman–Crippen LogP) is 6.19. The minimum atomic E-state index is -0.689. The molecule has 1 atom stereocenters. The van der Waals surface area contributed by atoms with E-state index in [0.29, 0.717) is 20.6 Å². The maximum atomic E-state index is 14.3. The van der Waals surface area contributed by atoms with Crippen molar-refractivity contribution in [2.45, 2.75) is 37.8 Å². The maximum absolute atomic E-state index is 14.3.